The molecule has 5 nitrogen and oxygen atoms in total. The van der Waals surface area contributed by atoms with E-state index < -0.39 is 0 Å². The molecular weight excluding hydrogens is 326 g/mol. The van der Waals surface area contributed by atoms with Crippen molar-refractivity contribution >= 4 is 23.2 Å². The summed E-state index contributed by atoms with van der Waals surface area (Å²) in [7, 11) is 4.02. The van der Waals surface area contributed by atoms with Crippen LogP contribution in [0.2, 0.25) is 0 Å². The molecule has 5 heteroatoms. The number of anilines is 2. The molecule has 0 heterocycles. The molecule has 0 saturated heterocycles. The van der Waals surface area contributed by atoms with Gasteiger partial charge >= 0.3 is 0 Å². The number of rotatable bonds is 8. The number of nitrogens with zero attached hydrogens (tertiary/aromatic N) is 2. The van der Waals surface area contributed by atoms with Crippen molar-refractivity contribution in [3.05, 3.63) is 23.8 Å². The molecule has 0 bridgehead atoms. The third-order valence-electron chi connectivity index (χ3n) is 4.96. The van der Waals surface area contributed by atoms with E-state index in [0.717, 1.165) is 49.2 Å². The maximum Gasteiger partial charge on any atom is 0.227 e. The minimum absolute atomic E-state index is 0.113. The molecule has 1 aromatic carbocycles. The van der Waals surface area contributed by atoms with Crippen LogP contribution in [0, 0.1) is 17.8 Å². The molecule has 142 valence electrons. The molecular formula is C21H31N3O2. The molecule has 2 aliphatic carbocycles. The third kappa shape index (κ3) is 4.77. The molecule has 2 fully saturated rings. The maximum atomic E-state index is 12.7. The van der Waals surface area contributed by atoms with Crippen molar-refractivity contribution in [1.82, 2.24) is 4.90 Å². The molecule has 0 spiro atoms. The summed E-state index contributed by atoms with van der Waals surface area (Å²) in [6.45, 7) is 5.65. The van der Waals surface area contributed by atoms with Gasteiger partial charge in [-0.1, -0.05) is 13.8 Å². The van der Waals surface area contributed by atoms with Crippen molar-refractivity contribution in [1.29, 1.82) is 0 Å². The first-order valence-corrected chi connectivity index (χ1v) is 9.75. The lowest BCUT2D eigenvalue weighted by molar-refractivity contribution is -0.133. The van der Waals surface area contributed by atoms with Crippen molar-refractivity contribution < 1.29 is 9.59 Å². The van der Waals surface area contributed by atoms with Crippen molar-refractivity contribution in [3.63, 3.8) is 0 Å². The van der Waals surface area contributed by atoms with Crippen LogP contribution >= 0.6 is 0 Å². The standard InChI is InChI=1S/C21H31N3O2/c1-14(2)12-24(21(26)16-7-8-16)13-17-11-18(9-10-19(17)23(3)4)22-20(25)15-5-6-15/h9-11,14-16H,5-8,12-13H2,1-4H3,(H,22,25). The molecule has 0 aliphatic heterocycles. The van der Waals surface area contributed by atoms with Crippen molar-refractivity contribution in [2.45, 2.75) is 46.1 Å². The Kier molecular flexibility index (Phi) is 5.54. The van der Waals surface area contributed by atoms with Crippen LogP contribution in [-0.2, 0) is 16.1 Å². The smallest absolute Gasteiger partial charge is 0.227 e. The largest absolute Gasteiger partial charge is 0.377 e. The van der Waals surface area contributed by atoms with Crippen LogP contribution in [0.1, 0.15) is 45.1 Å². The first kappa shape index (κ1) is 18.7. The summed E-state index contributed by atoms with van der Waals surface area (Å²) in [6.07, 6.45) is 4.02. The van der Waals surface area contributed by atoms with E-state index in [2.05, 4.69) is 24.1 Å². The normalized spacial score (nSPS) is 16.5. The second-order valence-corrected chi connectivity index (χ2v) is 8.39. The summed E-state index contributed by atoms with van der Waals surface area (Å²) in [5, 5.41) is 3.03. The fourth-order valence-electron chi connectivity index (χ4n) is 3.28. The minimum Gasteiger partial charge on any atom is -0.377 e. The Labute approximate surface area is 156 Å². The highest BCUT2D eigenvalue weighted by atomic mass is 16.2. The molecule has 1 N–H and O–H groups in total. The Morgan fingerprint density at radius 3 is 2.31 bits per heavy atom. The fraction of sp³-hybridized carbons (Fsp3) is 0.619. The number of amides is 2. The van der Waals surface area contributed by atoms with Gasteiger partial charge in [0, 0.05) is 50.4 Å². The lowest BCUT2D eigenvalue weighted by Gasteiger charge is -2.27. The lowest BCUT2D eigenvalue weighted by atomic mass is 10.1. The van der Waals surface area contributed by atoms with E-state index in [-0.39, 0.29) is 23.7 Å². The average Bonchev–Trinajstić information content (AvgIpc) is 3.46. The number of benzene rings is 1. The number of hydrogen-bond acceptors (Lipinski definition) is 3. The first-order chi connectivity index (χ1) is 12.3. The monoisotopic (exact) mass is 357 g/mol. The Balaban J connectivity index is 1.81. The predicted octanol–water partition coefficient (Wildman–Crippen LogP) is 3.50. The molecule has 2 aliphatic rings. The van der Waals surface area contributed by atoms with Crippen LogP contribution in [0.4, 0.5) is 11.4 Å². The Morgan fingerprint density at radius 1 is 1.12 bits per heavy atom. The first-order valence-electron chi connectivity index (χ1n) is 9.75. The third-order valence-corrected chi connectivity index (χ3v) is 4.96. The topological polar surface area (TPSA) is 52.7 Å². The van der Waals surface area contributed by atoms with Gasteiger partial charge in [0.25, 0.3) is 0 Å². The molecule has 2 saturated carbocycles. The van der Waals surface area contributed by atoms with E-state index in [1.807, 2.05) is 37.2 Å². The number of nitrogens with one attached hydrogen (secondary N) is 1. The maximum absolute atomic E-state index is 12.7. The van der Waals surface area contributed by atoms with Gasteiger partial charge in [-0.05, 0) is 55.4 Å². The summed E-state index contributed by atoms with van der Waals surface area (Å²) in [6, 6.07) is 6.02. The molecule has 0 radical (unpaired) electrons. The molecule has 2 amide bonds. The highest BCUT2D eigenvalue weighted by Gasteiger charge is 2.34. The van der Waals surface area contributed by atoms with Crippen molar-refractivity contribution in [2.75, 3.05) is 30.9 Å². The van der Waals surface area contributed by atoms with Gasteiger partial charge in [-0.15, -0.1) is 0 Å². The second-order valence-electron chi connectivity index (χ2n) is 8.39. The fourth-order valence-corrected chi connectivity index (χ4v) is 3.28. The van der Waals surface area contributed by atoms with Crippen LogP contribution in [0.15, 0.2) is 18.2 Å². The lowest BCUT2D eigenvalue weighted by Crippen LogP contribution is -2.35. The summed E-state index contributed by atoms with van der Waals surface area (Å²) >= 11 is 0. The van der Waals surface area contributed by atoms with E-state index in [1.54, 1.807) is 0 Å². The van der Waals surface area contributed by atoms with Gasteiger partial charge in [0.15, 0.2) is 0 Å². The zero-order valence-corrected chi connectivity index (χ0v) is 16.4. The van der Waals surface area contributed by atoms with Gasteiger partial charge < -0.3 is 15.1 Å². The van der Waals surface area contributed by atoms with Crippen LogP contribution in [0.25, 0.3) is 0 Å². The predicted molar refractivity (Wildman–Crippen MR) is 105 cm³/mol. The molecule has 0 atom stereocenters. The van der Waals surface area contributed by atoms with E-state index >= 15 is 0 Å². The summed E-state index contributed by atoms with van der Waals surface area (Å²) in [4.78, 5) is 28.9. The van der Waals surface area contributed by atoms with Gasteiger partial charge in [-0.2, -0.15) is 0 Å². The molecule has 0 aromatic heterocycles. The number of carbonyl (C=O) groups is 2. The molecule has 3 rings (SSSR count). The molecule has 0 unspecified atom stereocenters. The Morgan fingerprint density at radius 2 is 1.77 bits per heavy atom. The minimum atomic E-state index is 0.113. The van der Waals surface area contributed by atoms with E-state index in [1.165, 1.54) is 0 Å². The van der Waals surface area contributed by atoms with Crippen molar-refractivity contribution in [3.8, 4) is 0 Å². The van der Waals surface area contributed by atoms with Gasteiger partial charge in [-0.25, -0.2) is 0 Å². The summed E-state index contributed by atoms with van der Waals surface area (Å²) in [5.41, 5.74) is 3.00. The second kappa shape index (κ2) is 7.68. The van der Waals surface area contributed by atoms with Gasteiger partial charge in [-0.3, -0.25) is 9.59 Å². The highest BCUT2D eigenvalue weighted by molar-refractivity contribution is 5.94. The Hall–Kier alpha value is -2.04. The average molecular weight is 357 g/mol. The zero-order valence-electron chi connectivity index (χ0n) is 16.4. The summed E-state index contributed by atoms with van der Waals surface area (Å²) < 4.78 is 0. The number of carbonyl (C=O) groups excluding carboxylic acids is 2. The van der Waals surface area contributed by atoms with Gasteiger partial charge in [0.05, 0.1) is 0 Å². The van der Waals surface area contributed by atoms with Crippen LogP contribution in [-0.4, -0.2) is 37.4 Å². The van der Waals surface area contributed by atoms with Crippen molar-refractivity contribution in [2.24, 2.45) is 17.8 Å². The van der Waals surface area contributed by atoms with E-state index in [0.29, 0.717) is 12.5 Å². The van der Waals surface area contributed by atoms with Gasteiger partial charge in [0.1, 0.15) is 0 Å². The van der Waals surface area contributed by atoms with Crippen LogP contribution < -0.4 is 10.2 Å². The SMILES string of the molecule is CC(C)CN(Cc1cc(NC(=O)C2CC2)ccc1N(C)C)C(=O)C1CC1. The number of hydrogen-bond donors (Lipinski definition) is 1. The van der Waals surface area contributed by atoms with E-state index in [9.17, 15) is 9.59 Å². The molecule has 26 heavy (non-hydrogen) atoms. The Bertz CT molecular complexity index is 676. The zero-order chi connectivity index (χ0) is 18.8. The quantitative estimate of drug-likeness (QED) is 0.775. The molecule has 1 aromatic rings. The summed E-state index contributed by atoms with van der Waals surface area (Å²) in [5.74, 6) is 1.21. The van der Waals surface area contributed by atoms with Crippen LogP contribution in [0.5, 0.6) is 0 Å². The highest BCUT2D eigenvalue weighted by Crippen LogP contribution is 2.34. The van der Waals surface area contributed by atoms with Gasteiger partial charge in [0.2, 0.25) is 11.8 Å². The van der Waals surface area contributed by atoms with Crippen LogP contribution in [0.3, 0.4) is 0 Å². The van der Waals surface area contributed by atoms with E-state index in [4.69, 9.17) is 0 Å².